The van der Waals surface area contributed by atoms with E-state index in [4.69, 9.17) is 29.0 Å². The minimum absolute atomic E-state index is 0.0277. The predicted octanol–water partition coefficient (Wildman–Crippen LogP) is 7.22. The number of aliphatic hydroxyl groups is 2. The van der Waals surface area contributed by atoms with Gasteiger partial charge in [-0.15, -0.1) is 0 Å². The third kappa shape index (κ3) is 11.6. The summed E-state index contributed by atoms with van der Waals surface area (Å²) >= 11 is 0. The van der Waals surface area contributed by atoms with Crippen molar-refractivity contribution in [3.8, 4) is 12.1 Å². The highest BCUT2D eigenvalue weighted by Gasteiger charge is 2.83. The summed E-state index contributed by atoms with van der Waals surface area (Å²) in [6, 6.07) is 9.60. The van der Waals surface area contributed by atoms with Gasteiger partial charge in [0.15, 0.2) is 11.4 Å². The van der Waals surface area contributed by atoms with Crippen LogP contribution in [0, 0.1) is 35.4 Å². The Morgan fingerprint density at radius 1 is 1.00 bits per heavy atom. The molecule has 0 bridgehead atoms. The number of aromatic nitrogens is 3. The summed E-state index contributed by atoms with van der Waals surface area (Å²) in [5.41, 5.74) is 2.71. The summed E-state index contributed by atoms with van der Waals surface area (Å²) in [5, 5.41) is 46.3. The zero-order valence-corrected chi connectivity index (χ0v) is 35.2. The van der Waals surface area contributed by atoms with Crippen LogP contribution in [-0.4, -0.2) is 79.5 Å². The van der Waals surface area contributed by atoms with Crippen LogP contribution in [0.5, 0.6) is 0 Å². The van der Waals surface area contributed by atoms with E-state index in [1.54, 1.807) is 0 Å². The molecule has 0 spiro atoms. The van der Waals surface area contributed by atoms with Crippen molar-refractivity contribution in [3.63, 3.8) is 0 Å². The number of rotatable bonds is 28. The number of halogens is 1. The van der Waals surface area contributed by atoms with E-state index >= 15 is 0 Å². The number of unbranched alkanes of at least 4 members (excludes halogenated alkanes) is 15. The van der Waals surface area contributed by atoms with E-state index in [0.29, 0.717) is 17.7 Å². The molecule has 1 aromatic carbocycles. The van der Waals surface area contributed by atoms with Gasteiger partial charge in [0.1, 0.15) is 48.1 Å². The van der Waals surface area contributed by atoms with Crippen LogP contribution in [0.3, 0.4) is 0 Å². The number of fused-ring (bicyclic) bond motifs is 2. The smallest absolute Gasteiger partial charge is 0.385 e. The molecule has 0 radical (unpaired) electrons. The molecular weight excluding hydrogens is 782 g/mol. The number of benzene rings is 1. The number of ether oxygens (including phenoxy) is 3. The van der Waals surface area contributed by atoms with Gasteiger partial charge < -0.3 is 35.1 Å². The molecule has 3 aromatic rings. The van der Waals surface area contributed by atoms with Crippen LogP contribution < -0.4 is 5.73 Å². The molecule has 324 valence electrons. The SMILES string of the molecule is CCCCCCCCCCCCCCCCCCOC[C@H](COP(=O)(O)OC1[C@H]2O[C@@](C#N)(c3ccc4c(N)ncnn34)[C@H](O)[C@@]12O)OCc1cc(F)c(C)c(C#N)c1. The quantitative estimate of drug-likeness (QED) is 0.0418. The van der Waals surface area contributed by atoms with Gasteiger partial charge >= 0.3 is 7.82 Å². The van der Waals surface area contributed by atoms with Crippen LogP contribution in [0.2, 0.25) is 0 Å². The van der Waals surface area contributed by atoms with Crippen LogP contribution in [0.15, 0.2) is 30.6 Å². The lowest BCUT2D eigenvalue weighted by Crippen LogP contribution is -2.47. The molecule has 2 aromatic heterocycles. The van der Waals surface area contributed by atoms with Crippen LogP contribution in [0.25, 0.3) is 5.52 Å². The fraction of sp³-hybridized carbons (Fsp3) is 0.667. The molecule has 2 fully saturated rings. The maximum atomic E-state index is 14.5. The second-order valence-electron chi connectivity index (χ2n) is 15.8. The standard InChI is InChI=1S/C42H60FN6O9P/c1-3-4-5-6-7-8-9-10-11-12-13-14-15-16-17-18-21-54-26-33(55-25-31-22-32(24-44)30(2)34(43)23-31)27-56-59(52,53)58-38-37-42(38,51)40(50)41(28-45,57-37)36-20-19-35-39(46)47-29-48-49(35)36/h19-20,22-23,29,33,37-38,40,50-51H,3-18,21,25-27H2,1-2H3,(H,52,53)(H2,46,47,48)/t33-,37-,38?,40+,41+,42+/m1/s1. The molecule has 7 atom stereocenters. The van der Waals surface area contributed by atoms with Crippen LogP contribution in [0.1, 0.15) is 132 Å². The van der Waals surface area contributed by atoms with Crippen molar-refractivity contribution in [3.05, 3.63) is 58.8 Å². The third-order valence-corrected chi connectivity index (χ3v) is 12.3. The maximum Gasteiger partial charge on any atom is 0.472 e. The van der Waals surface area contributed by atoms with Gasteiger partial charge in [0, 0.05) is 12.2 Å². The Morgan fingerprint density at radius 2 is 1.63 bits per heavy atom. The highest BCUT2D eigenvalue weighted by molar-refractivity contribution is 7.47. The molecule has 1 aliphatic carbocycles. The lowest BCUT2D eigenvalue weighted by atomic mass is 9.90. The first-order valence-corrected chi connectivity index (χ1v) is 22.5. The molecule has 2 aliphatic rings. The molecule has 59 heavy (non-hydrogen) atoms. The van der Waals surface area contributed by atoms with Crippen LogP contribution >= 0.6 is 7.82 Å². The van der Waals surface area contributed by atoms with Crippen LogP contribution in [0.4, 0.5) is 10.2 Å². The van der Waals surface area contributed by atoms with Crippen molar-refractivity contribution in [2.45, 2.75) is 159 Å². The number of hydrogen-bond donors (Lipinski definition) is 4. The summed E-state index contributed by atoms with van der Waals surface area (Å²) in [7, 11) is -4.94. The molecule has 17 heteroatoms. The largest absolute Gasteiger partial charge is 0.472 e. The number of nitrogen functional groups attached to an aromatic ring is 1. The number of phosphoric ester groups is 1. The molecule has 15 nitrogen and oxygen atoms in total. The zero-order valence-electron chi connectivity index (χ0n) is 34.3. The van der Waals surface area contributed by atoms with E-state index in [0.717, 1.165) is 25.6 Å². The molecule has 5 rings (SSSR count). The van der Waals surface area contributed by atoms with Gasteiger partial charge in [-0.3, -0.25) is 9.05 Å². The van der Waals surface area contributed by atoms with Gasteiger partial charge in [-0.2, -0.15) is 15.6 Å². The van der Waals surface area contributed by atoms with E-state index in [2.05, 4.69) is 17.0 Å². The predicted molar refractivity (Wildman–Crippen MR) is 216 cm³/mol. The van der Waals surface area contributed by atoms with Crippen molar-refractivity contribution in [2.24, 2.45) is 0 Å². The normalized spacial score (nSPS) is 23.8. The monoisotopic (exact) mass is 842 g/mol. The first-order chi connectivity index (χ1) is 28.4. The Bertz CT molecular complexity index is 1960. The fourth-order valence-electron chi connectivity index (χ4n) is 7.72. The Morgan fingerprint density at radius 3 is 2.20 bits per heavy atom. The topological polar surface area (TPSA) is 228 Å². The lowest BCUT2D eigenvalue weighted by molar-refractivity contribution is -0.107. The minimum Gasteiger partial charge on any atom is -0.385 e. The number of nitrogens with two attached hydrogens (primary N) is 1. The minimum atomic E-state index is -4.94. The summed E-state index contributed by atoms with van der Waals surface area (Å²) in [5.74, 6) is -0.454. The summed E-state index contributed by atoms with van der Waals surface area (Å²) in [6.45, 7) is 3.50. The molecule has 2 unspecified atom stereocenters. The molecule has 1 saturated carbocycles. The van der Waals surface area contributed by atoms with Crippen molar-refractivity contribution >= 4 is 19.2 Å². The van der Waals surface area contributed by atoms with E-state index in [1.165, 1.54) is 119 Å². The average Bonchev–Trinajstić information content (AvgIpc) is 3.45. The first kappa shape index (κ1) is 46.5. The van der Waals surface area contributed by atoms with Crippen molar-refractivity contribution in [1.82, 2.24) is 14.6 Å². The molecule has 1 aliphatic heterocycles. The average molecular weight is 843 g/mol. The second kappa shape index (κ2) is 21.8. The Hall–Kier alpha value is -3.54. The summed E-state index contributed by atoms with van der Waals surface area (Å²) in [4.78, 5) is 14.6. The molecule has 1 saturated heterocycles. The fourth-order valence-corrected chi connectivity index (χ4v) is 8.70. The molecule has 3 heterocycles. The number of nitriles is 2. The molecular formula is C42H60FN6O9P. The van der Waals surface area contributed by atoms with Crippen molar-refractivity contribution in [1.29, 1.82) is 10.5 Å². The number of hydrogen-bond acceptors (Lipinski definition) is 13. The Labute approximate surface area is 346 Å². The van der Waals surface area contributed by atoms with Crippen molar-refractivity contribution in [2.75, 3.05) is 25.6 Å². The van der Waals surface area contributed by atoms with Crippen molar-refractivity contribution < 1.29 is 47.3 Å². The number of phosphoric acid groups is 1. The number of nitrogens with zero attached hydrogens (tertiary/aromatic N) is 5. The highest BCUT2D eigenvalue weighted by Crippen LogP contribution is 2.63. The maximum absolute atomic E-state index is 14.5. The van der Waals surface area contributed by atoms with Gasteiger partial charge in [-0.05, 0) is 43.2 Å². The third-order valence-electron chi connectivity index (χ3n) is 11.4. The lowest BCUT2D eigenvalue weighted by Gasteiger charge is -2.29. The van der Waals surface area contributed by atoms with Gasteiger partial charge in [-0.25, -0.2) is 18.5 Å². The van der Waals surface area contributed by atoms with E-state index in [9.17, 15) is 34.6 Å². The molecule has 5 N–H and O–H groups in total. The Balaban J connectivity index is 1.06. The Kier molecular flexibility index (Phi) is 17.2. The molecule has 0 amide bonds. The van der Waals surface area contributed by atoms with Gasteiger partial charge in [-0.1, -0.05) is 103 Å². The van der Waals surface area contributed by atoms with Gasteiger partial charge in [0.25, 0.3) is 0 Å². The van der Waals surface area contributed by atoms with Crippen LogP contribution in [-0.2, 0) is 40.0 Å². The van der Waals surface area contributed by atoms with E-state index in [-0.39, 0.29) is 35.9 Å². The van der Waals surface area contributed by atoms with Gasteiger partial charge in [0.05, 0.1) is 37.1 Å². The highest BCUT2D eigenvalue weighted by atomic mass is 31.2. The summed E-state index contributed by atoms with van der Waals surface area (Å²) in [6.07, 6.45) is 15.4. The van der Waals surface area contributed by atoms with Gasteiger partial charge in [0.2, 0.25) is 5.60 Å². The second-order valence-corrected chi connectivity index (χ2v) is 17.2. The first-order valence-electron chi connectivity index (χ1n) is 21.0. The van der Waals surface area contributed by atoms with E-state index in [1.807, 2.05) is 12.1 Å². The van der Waals surface area contributed by atoms with E-state index < -0.39 is 55.9 Å². The zero-order chi connectivity index (χ0) is 42.5. The summed E-state index contributed by atoms with van der Waals surface area (Å²) < 4.78 is 57.1. The number of anilines is 1. The number of aliphatic hydroxyl groups excluding tert-OH is 1.